The van der Waals surface area contributed by atoms with Crippen LogP contribution in [0.5, 0.6) is 0 Å². The second-order valence-electron chi connectivity index (χ2n) is 4.61. The summed E-state index contributed by atoms with van der Waals surface area (Å²) in [5, 5.41) is 17.4. The highest BCUT2D eigenvalue weighted by Gasteiger charge is 2.36. The van der Waals surface area contributed by atoms with Gasteiger partial charge in [0.15, 0.2) is 0 Å². The highest BCUT2D eigenvalue weighted by molar-refractivity contribution is 7.89. The highest BCUT2D eigenvalue weighted by Crippen LogP contribution is 2.25. The van der Waals surface area contributed by atoms with Crippen LogP contribution in [0.25, 0.3) is 6.08 Å². The fourth-order valence-corrected chi connectivity index (χ4v) is 3.49. The van der Waals surface area contributed by atoms with Crippen LogP contribution in [-0.2, 0) is 14.8 Å². The number of rotatable bonds is 5. The molecule has 1 heterocycles. The van der Waals surface area contributed by atoms with Crippen molar-refractivity contribution in [1.82, 2.24) is 4.31 Å². The minimum absolute atomic E-state index is 0.00899. The van der Waals surface area contributed by atoms with Gasteiger partial charge in [-0.3, -0.25) is 0 Å². The number of hydrogen-bond donors (Lipinski definition) is 2. The van der Waals surface area contributed by atoms with Crippen molar-refractivity contribution < 1.29 is 23.4 Å². The zero-order valence-electron chi connectivity index (χ0n) is 10.6. The monoisotopic (exact) mass is 297 g/mol. The minimum atomic E-state index is -3.51. The van der Waals surface area contributed by atoms with Crippen molar-refractivity contribution in [3.05, 3.63) is 35.9 Å². The lowest BCUT2D eigenvalue weighted by Crippen LogP contribution is -2.51. The summed E-state index contributed by atoms with van der Waals surface area (Å²) in [6.07, 6.45) is 2.38. The molecule has 0 spiro atoms. The van der Waals surface area contributed by atoms with Crippen molar-refractivity contribution in [1.29, 1.82) is 0 Å². The van der Waals surface area contributed by atoms with Crippen molar-refractivity contribution >= 4 is 22.1 Å². The van der Waals surface area contributed by atoms with E-state index in [0.717, 1.165) is 6.08 Å². The van der Waals surface area contributed by atoms with Crippen LogP contribution in [0.1, 0.15) is 5.56 Å². The van der Waals surface area contributed by atoms with Gasteiger partial charge in [-0.05, 0) is 23.8 Å². The Morgan fingerprint density at radius 3 is 2.40 bits per heavy atom. The topological polar surface area (TPSA) is 94.9 Å². The van der Waals surface area contributed by atoms with Crippen molar-refractivity contribution in [2.75, 3.05) is 19.7 Å². The van der Waals surface area contributed by atoms with E-state index in [9.17, 15) is 13.2 Å². The molecule has 1 aliphatic heterocycles. The molecule has 0 saturated carbocycles. The first-order valence-electron chi connectivity index (χ1n) is 6.05. The zero-order chi connectivity index (χ0) is 14.8. The van der Waals surface area contributed by atoms with Gasteiger partial charge in [-0.25, -0.2) is 13.2 Å². The van der Waals surface area contributed by atoms with Gasteiger partial charge in [0.25, 0.3) is 0 Å². The SMILES string of the molecule is O=C(O)/C=C/c1ccc(S(=O)(=O)N2CC(CO)C2)cc1. The van der Waals surface area contributed by atoms with Gasteiger partial charge in [-0.1, -0.05) is 12.1 Å². The van der Waals surface area contributed by atoms with Gasteiger partial charge in [0.2, 0.25) is 10.0 Å². The summed E-state index contributed by atoms with van der Waals surface area (Å²) in [4.78, 5) is 10.6. The molecule has 0 atom stereocenters. The van der Waals surface area contributed by atoms with Gasteiger partial charge >= 0.3 is 5.97 Å². The molecule has 108 valence electrons. The van der Waals surface area contributed by atoms with Crippen LogP contribution in [0.15, 0.2) is 35.2 Å². The molecule has 0 aliphatic carbocycles. The van der Waals surface area contributed by atoms with Crippen LogP contribution in [0, 0.1) is 5.92 Å². The third-order valence-corrected chi connectivity index (χ3v) is 4.96. The number of aliphatic hydroxyl groups excluding tert-OH is 1. The van der Waals surface area contributed by atoms with Crippen LogP contribution < -0.4 is 0 Å². The third-order valence-electron chi connectivity index (χ3n) is 3.12. The number of hydrogen-bond acceptors (Lipinski definition) is 4. The molecule has 1 aromatic carbocycles. The first-order valence-corrected chi connectivity index (χ1v) is 7.49. The second kappa shape index (κ2) is 5.74. The summed E-state index contributed by atoms with van der Waals surface area (Å²) in [7, 11) is -3.51. The first kappa shape index (κ1) is 14.7. The van der Waals surface area contributed by atoms with Crippen LogP contribution in [0.4, 0.5) is 0 Å². The summed E-state index contributed by atoms with van der Waals surface area (Å²) < 4.78 is 25.7. The maximum absolute atomic E-state index is 12.2. The number of benzene rings is 1. The molecule has 1 aliphatic rings. The average Bonchev–Trinajstić information content (AvgIpc) is 2.35. The van der Waals surface area contributed by atoms with Gasteiger partial charge in [0.05, 0.1) is 4.90 Å². The van der Waals surface area contributed by atoms with Crippen molar-refractivity contribution in [3.63, 3.8) is 0 Å². The Morgan fingerprint density at radius 2 is 1.90 bits per heavy atom. The van der Waals surface area contributed by atoms with Crippen molar-refractivity contribution in [2.24, 2.45) is 5.92 Å². The van der Waals surface area contributed by atoms with E-state index in [1.807, 2.05) is 0 Å². The molecule has 0 bridgehead atoms. The lowest BCUT2D eigenvalue weighted by molar-refractivity contribution is -0.131. The summed E-state index contributed by atoms with van der Waals surface area (Å²) in [5.41, 5.74) is 0.614. The van der Waals surface area contributed by atoms with Crippen LogP contribution >= 0.6 is 0 Å². The predicted molar refractivity (Wildman–Crippen MR) is 72.4 cm³/mol. The van der Waals surface area contributed by atoms with Crippen LogP contribution in [-0.4, -0.2) is 48.6 Å². The summed E-state index contributed by atoms with van der Waals surface area (Å²) in [6.45, 7) is 0.657. The fraction of sp³-hybridized carbons (Fsp3) is 0.308. The molecule has 0 radical (unpaired) electrons. The maximum atomic E-state index is 12.2. The normalized spacial score (nSPS) is 17.2. The standard InChI is InChI=1S/C13H15NO5S/c15-9-11-7-14(8-11)20(18,19)12-4-1-10(2-5-12)3-6-13(16)17/h1-6,11,15H,7-9H2,(H,16,17)/b6-3+. The van der Waals surface area contributed by atoms with E-state index in [2.05, 4.69) is 0 Å². The van der Waals surface area contributed by atoms with Crippen LogP contribution in [0.2, 0.25) is 0 Å². The quantitative estimate of drug-likeness (QED) is 0.767. The van der Waals surface area contributed by atoms with Crippen molar-refractivity contribution in [3.8, 4) is 0 Å². The fourth-order valence-electron chi connectivity index (χ4n) is 1.90. The Morgan fingerprint density at radius 1 is 1.30 bits per heavy atom. The van der Waals surface area contributed by atoms with Gasteiger partial charge in [-0.15, -0.1) is 0 Å². The van der Waals surface area contributed by atoms with Gasteiger partial charge in [0.1, 0.15) is 0 Å². The third kappa shape index (κ3) is 3.06. The van der Waals surface area contributed by atoms with Crippen molar-refractivity contribution in [2.45, 2.75) is 4.90 Å². The Bertz CT molecular complexity index is 615. The van der Waals surface area contributed by atoms with Gasteiger partial charge in [0, 0.05) is 31.7 Å². The number of aliphatic hydroxyl groups is 1. The number of nitrogens with zero attached hydrogens (tertiary/aromatic N) is 1. The number of carbonyl (C=O) groups is 1. The lowest BCUT2D eigenvalue weighted by Gasteiger charge is -2.36. The largest absolute Gasteiger partial charge is 0.478 e. The number of sulfonamides is 1. The van der Waals surface area contributed by atoms with E-state index >= 15 is 0 Å². The van der Waals surface area contributed by atoms with E-state index in [-0.39, 0.29) is 17.4 Å². The molecular formula is C13H15NO5S. The Kier molecular flexibility index (Phi) is 4.22. The second-order valence-corrected chi connectivity index (χ2v) is 6.55. The molecule has 0 amide bonds. The van der Waals surface area contributed by atoms with Gasteiger partial charge in [-0.2, -0.15) is 4.31 Å². The molecule has 6 nitrogen and oxygen atoms in total. The molecule has 0 unspecified atom stereocenters. The Hall–Kier alpha value is -1.70. The molecule has 1 aromatic rings. The number of carboxylic acid groups (broad SMARTS) is 1. The molecule has 2 rings (SSSR count). The average molecular weight is 297 g/mol. The molecule has 0 aromatic heterocycles. The maximum Gasteiger partial charge on any atom is 0.328 e. The smallest absolute Gasteiger partial charge is 0.328 e. The lowest BCUT2D eigenvalue weighted by atomic mass is 10.1. The molecule has 7 heteroatoms. The van der Waals surface area contributed by atoms with Crippen LogP contribution in [0.3, 0.4) is 0 Å². The van der Waals surface area contributed by atoms with E-state index in [0.29, 0.717) is 18.7 Å². The summed E-state index contributed by atoms with van der Waals surface area (Å²) >= 11 is 0. The molecule has 2 N–H and O–H groups in total. The summed E-state index contributed by atoms with van der Waals surface area (Å²) in [6, 6.07) is 6.00. The molecule has 1 saturated heterocycles. The predicted octanol–water partition coefficient (Wildman–Crippen LogP) is 0.397. The zero-order valence-corrected chi connectivity index (χ0v) is 11.5. The minimum Gasteiger partial charge on any atom is -0.478 e. The van der Waals surface area contributed by atoms with Gasteiger partial charge < -0.3 is 10.2 Å². The highest BCUT2D eigenvalue weighted by atomic mass is 32.2. The van der Waals surface area contributed by atoms with E-state index < -0.39 is 16.0 Å². The first-order chi connectivity index (χ1) is 9.43. The molecule has 20 heavy (non-hydrogen) atoms. The van der Waals surface area contributed by atoms with E-state index in [1.165, 1.54) is 22.5 Å². The van der Waals surface area contributed by atoms with E-state index in [1.54, 1.807) is 12.1 Å². The van der Waals surface area contributed by atoms with E-state index in [4.69, 9.17) is 10.2 Å². The number of carboxylic acids is 1. The Labute approximate surface area is 117 Å². The number of aliphatic carboxylic acids is 1. The molecule has 1 fully saturated rings. The summed E-state index contributed by atoms with van der Waals surface area (Å²) in [5.74, 6) is -1.04. The Balaban J connectivity index is 2.12. The molecular weight excluding hydrogens is 282 g/mol.